The lowest BCUT2D eigenvalue weighted by atomic mass is 9.94. The van der Waals surface area contributed by atoms with Gasteiger partial charge in [0.15, 0.2) is 0 Å². The molecule has 2 aliphatic rings. The lowest BCUT2D eigenvalue weighted by Crippen LogP contribution is -2.51. The SMILES string of the molecule is O=C(c1ccoc1)N1CCC(C(=O)N2CCN(Cc3cccc([N+](=O)[O-])c3)CC2)CC1. The number of likely N-dealkylation sites (tertiary alicyclic amines) is 1. The smallest absolute Gasteiger partial charge is 0.269 e. The average Bonchev–Trinajstić information content (AvgIpc) is 3.34. The topological polar surface area (TPSA) is 100 Å². The summed E-state index contributed by atoms with van der Waals surface area (Å²) in [6.07, 6.45) is 4.29. The highest BCUT2D eigenvalue weighted by atomic mass is 16.6. The summed E-state index contributed by atoms with van der Waals surface area (Å²) in [6.45, 7) is 4.58. The van der Waals surface area contributed by atoms with Crippen molar-refractivity contribution >= 4 is 17.5 Å². The van der Waals surface area contributed by atoms with E-state index in [1.807, 2.05) is 11.0 Å². The lowest BCUT2D eigenvalue weighted by Gasteiger charge is -2.38. The first-order chi connectivity index (χ1) is 15.0. The third-order valence-electron chi connectivity index (χ3n) is 6.11. The summed E-state index contributed by atoms with van der Waals surface area (Å²) in [7, 11) is 0. The van der Waals surface area contributed by atoms with E-state index in [9.17, 15) is 19.7 Å². The number of piperidine rings is 1. The van der Waals surface area contributed by atoms with Gasteiger partial charge in [-0.15, -0.1) is 0 Å². The van der Waals surface area contributed by atoms with Crippen molar-refractivity contribution in [2.24, 2.45) is 5.92 Å². The molecule has 0 spiro atoms. The molecule has 0 radical (unpaired) electrons. The molecule has 164 valence electrons. The molecule has 3 heterocycles. The Morgan fingerprint density at radius 1 is 1.03 bits per heavy atom. The second kappa shape index (κ2) is 9.30. The Labute approximate surface area is 180 Å². The molecular weight excluding hydrogens is 400 g/mol. The van der Waals surface area contributed by atoms with Crippen molar-refractivity contribution < 1.29 is 18.9 Å². The molecule has 9 nitrogen and oxygen atoms in total. The molecule has 31 heavy (non-hydrogen) atoms. The summed E-state index contributed by atoms with van der Waals surface area (Å²) in [6, 6.07) is 8.36. The van der Waals surface area contributed by atoms with Crippen LogP contribution in [-0.4, -0.2) is 70.7 Å². The maximum Gasteiger partial charge on any atom is 0.269 e. The summed E-state index contributed by atoms with van der Waals surface area (Å²) < 4.78 is 4.99. The van der Waals surface area contributed by atoms with Gasteiger partial charge in [0, 0.05) is 63.9 Å². The number of furan rings is 1. The molecule has 2 aromatic rings. The lowest BCUT2D eigenvalue weighted by molar-refractivity contribution is -0.384. The van der Waals surface area contributed by atoms with Crippen molar-refractivity contribution in [1.82, 2.24) is 14.7 Å². The number of piperazine rings is 1. The predicted octanol–water partition coefficient (Wildman–Crippen LogP) is 2.38. The minimum Gasteiger partial charge on any atom is -0.472 e. The summed E-state index contributed by atoms with van der Waals surface area (Å²) >= 11 is 0. The minimum atomic E-state index is -0.381. The van der Waals surface area contributed by atoms with Gasteiger partial charge < -0.3 is 14.2 Å². The maximum absolute atomic E-state index is 13.0. The molecule has 0 unspecified atom stereocenters. The molecule has 2 amide bonds. The van der Waals surface area contributed by atoms with Gasteiger partial charge in [0.25, 0.3) is 11.6 Å². The normalized spacial score (nSPS) is 18.2. The fourth-order valence-corrected chi connectivity index (χ4v) is 4.31. The largest absolute Gasteiger partial charge is 0.472 e. The third-order valence-corrected chi connectivity index (χ3v) is 6.11. The van der Waals surface area contributed by atoms with Crippen molar-refractivity contribution in [3.63, 3.8) is 0 Å². The number of rotatable bonds is 5. The molecule has 1 aromatic heterocycles. The zero-order valence-electron chi connectivity index (χ0n) is 17.3. The van der Waals surface area contributed by atoms with Crippen LogP contribution in [0.15, 0.2) is 47.3 Å². The highest BCUT2D eigenvalue weighted by molar-refractivity contribution is 5.94. The van der Waals surface area contributed by atoms with Gasteiger partial charge in [-0.3, -0.25) is 24.6 Å². The van der Waals surface area contributed by atoms with Crippen molar-refractivity contribution in [2.45, 2.75) is 19.4 Å². The number of carbonyl (C=O) groups is 2. The van der Waals surface area contributed by atoms with E-state index in [0.717, 1.165) is 18.7 Å². The van der Waals surface area contributed by atoms with Crippen LogP contribution in [0.25, 0.3) is 0 Å². The average molecular weight is 426 g/mol. The summed E-state index contributed by atoms with van der Waals surface area (Å²) in [5.41, 5.74) is 1.55. The van der Waals surface area contributed by atoms with E-state index >= 15 is 0 Å². The first-order valence-electron chi connectivity index (χ1n) is 10.6. The number of hydrogen-bond acceptors (Lipinski definition) is 6. The van der Waals surface area contributed by atoms with Gasteiger partial charge in [0.05, 0.1) is 16.7 Å². The van der Waals surface area contributed by atoms with Crippen LogP contribution in [-0.2, 0) is 11.3 Å². The van der Waals surface area contributed by atoms with Crippen LogP contribution >= 0.6 is 0 Å². The van der Waals surface area contributed by atoms with Gasteiger partial charge in [0.2, 0.25) is 5.91 Å². The zero-order valence-corrected chi connectivity index (χ0v) is 17.3. The molecule has 0 atom stereocenters. The summed E-state index contributed by atoms with van der Waals surface area (Å²) in [5, 5.41) is 11.0. The van der Waals surface area contributed by atoms with E-state index in [1.54, 1.807) is 23.1 Å². The highest BCUT2D eigenvalue weighted by Gasteiger charge is 2.32. The van der Waals surface area contributed by atoms with Crippen LogP contribution < -0.4 is 0 Å². The zero-order chi connectivity index (χ0) is 21.8. The minimum absolute atomic E-state index is 0.0447. The van der Waals surface area contributed by atoms with Crippen LogP contribution in [0.4, 0.5) is 5.69 Å². The Bertz CT molecular complexity index is 929. The van der Waals surface area contributed by atoms with Crippen molar-refractivity contribution in [3.8, 4) is 0 Å². The highest BCUT2D eigenvalue weighted by Crippen LogP contribution is 2.23. The molecule has 0 bridgehead atoms. The van der Waals surface area contributed by atoms with Crippen LogP contribution in [0, 0.1) is 16.0 Å². The van der Waals surface area contributed by atoms with Crippen LogP contribution in [0.2, 0.25) is 0 Å². The van der Waals surface area contributed by atoms with Gasteiger partial charge in [-0.25, -0.2) is 0 Å². The predicted molar refractivity (Wildman–Crippen MR) is 112 cm³/mol. The second-order valence-electron chi connectivity index (χ2n) is 8.11. The molecule has 0 aliphatic carbocycles. The number of amides is 2. The second-order valence-corrected chi connectivity index (χ2v) is 8.11. The van der Waals surface area contributed by atoms with E-state index in [-0.39, 0.29) is 28.3 Å². The van der Waals surface area contributed by atoms with Crippen molar-refractivity contribution in [2.75, 3.05) is 39.3 Å². The van der Waals surface area contributed by atoms with E-state index in [4.69, 9.17) is 4.42 Å². The number of carbonyl (C=O) groups excluding carboxylic acids is 2. The Kier molecular flexibility index (Phi) is 6.31. The molecule has 4 rings (SSSR count). The summed E-state index contributed by atoms with van der Waals surface area (Å²) in [5.74, 6) is 0.0801. The first-order valence-corrected chi connectivity index (χ1v) is 10.6. The van der Waals surface area contributed by atoms with Crippen molar-refractivity contribution in [3.05, 3.63) is 64.1 Å². The number of nitro groups is 1. The Morgan fingerprint density at radius 3 is 2.42 bits per heavy atom. The molecule has 1 aromatic carbocycles. The fraction of sp³-hybridized carbons (Fsp3) is 0.455. The fourth-order valence-electron chi connectivity index (χ4n) is 4.31. The van der Waals surface area contributed by atoms with E-state index < -0.39 is 0 Å². The Morgan fingerprint density at radius 2 is 1.77 bits per heavy atom. The number of hydrogen-bond donors (Lipinski definition) is 0. The molecule has 2 fully saturated rings. The summed E-state index contributed by atoms with van der Waals surface area (Å²) in [4.78, 5) is 41.9. The molecule has 2 saturated heterocycles. The van der Waals surface area contributed by atoms with Crippen LogP contribution in [0.1, 0.15) is 28.8 Å². The van der Waals surface area contributed by atoms with Crippen LogP contribution in [0.5, 0.6) is 0 Å². The van der Waals surface area contributed by atoms with Gasteiger partial charge in [0.1, 0.15) is 6.26 Å². The molecular formula is C22H26N4O5. The van der Waals surface area contributed by atoms with Gasteiger partial charge >= 0.3 is 0 Å². The maximum atomic E-state index is 13.0. The number of non-ortho nitro benzene ring substituents is 1. The Hall–Kier alpha value is -3.20. The van der Waals surface area contributed by atoms with Crippen molar-refractivity contribution in [1.29, 1.82) is 0 Å². The standard InChI is InChI=1S/C22H26N4O5/c27-21(18-4-7-24(8-5-18)22(28)19-6-13-31-16-19)25-11-9-23(10-12-25)15-17-2-1-3-20(14-17)26(29)30/h1-3,6,13-14,16,18H,4-5,7-12,15H2. The van der Waals surface area contributed by atoms with Crippen LogP contribution in [0.3, 0.4) is 0 Å². The monoisotopic (exact) mass is 426 g/mol. The third kappa shape index (κ3) is 4.93. The van der Waals surface area contributed by atoms with Gasteiger partial charge in [-0.1, -0.05) is 12.1 Å². The molecule has 9 heteroatoms. The Balaban J connectivity index is 1.24. The number of nitrogens with zero attached hydrogens (tertiary/aromatic N) is 4. The molecule has 2 aliphatic heterocycles. The van der Waals surface area contributed by atoms with Gasteiger partial charge in [-0.2, -0.15) is 0 Å². The van der Waals surface area contributed by atoms with E-state index in [2.05, 4.69) is 4.90 Å². The number of benzene rings is 1. The molecule has 0 saturated carbocycles. The quantitative estimate of drug-likeness (QED) is 0.538. The van der Waals surface area contributed by atoms with E-state index in [0.29, 0.717) is 51.1 Å². The number of nitro benzene ring substituents is 1. The van der Waals surface area contributed by atoms with Gasteiger partial charge in [-0.05, 0) is 24.5 Å². The van der Waals surface area contributed by atoms with E-state index in [1.165, 1.54) is 18.6 Å². The molecule has 0 N–H and O–H groups in total. The first kappa shape index (κ1) is 21.0.